The number of sulfonamides is 1. The SMILES string of the molecule is NC1(CNS(=O)(=O)c2ccc(Br)cc2F)CCCCCC1. The van der Waals surface area contributed by atoms with Crippen LogP contribution in [-0.4, -0.2) is 20.5 Å². The van der Waals surface area contributed by atoms with Crippen molar-refractivity contribution in [2.24, 2.45) is 5.73 Å². The Kier molecular flexibility index (Phi) is 5.40. The molecule has 0 saturated heterocycles. The molecule has 0 amide bonds. The predicted octanol–water partition coefficient (Wildman–Crippen LogP) is 2.92. The van der Waals surface area contributed by atoms with Gasteiger partial charge in [-0.15, -0.1) is 0 Å². The molecule has 1 fully saturated rings. The summed E-state index contributed by atoms with van der Waals surface area (Å²) in [6, 6.07) is 3.89. The van der Waals surface area contributed by atoms with Gasteiger partial charge in [-0.3, -0.25) is 0 Å². The molecule has 1 aliphatic carbocycles. The number of nitrogens with two attached hydrogens (primary N) is 1. The molecule has 21 heavy (non-hydrogen) atoms. The summed E-state index contributed by atoms with van der Waals surface area (Å²) >= 11 is 3.11. The lowest BCUT2D eigenvalue weighted by molar-refractivity contribution is 0.368. The summed E-state index contributed by atoms with van der Waals surface area (Å²) in [6.07, 6.45) is 5.85. The smallest absolute Gasteiger partial charge is 0.243 e. The largest absolute Gasteiger partial charge is 0.324 e. The fourth-order valence-electron chi connectivity index (χ4n) is 2.62. The van der Waals surface area contributed by atoms with Gasteiger partial charge >= 0.3 is 0 Å². The van der Waals surface area contributed by atoms with Crippen molar-refractivity contribution >= 4 is 26.0 Å². The standard InChI is InChI=1S/C14H20BrFN2O2S/c15-11-5-6-13(12(16)9-11)21(19,20)18-10-14(17)7-3-1-2-4-8-14/h5-6,9,18H,1-4,7-8,10,17H2. The molecule has 1 saturated carbocycles. The summed E-state index contributed by atoms with van der Waals surface area (Å²) in [4.78, 5) is -0.345. The summed E-state index contributed by atoms with van der Waals surface area (Å²) in [7, 11) is -3.88. The monoisotopic (exact) mass is 378 g/mol. The Hall–Kier alpha value is -0.500. The van der Waals surface area contributed by atoms with Crippen LogP contribution in [0.3, 0.4) is 0 Å². The van der Waals surface area contributed by atoms with Crippen LogP contribution in [0.1, 0.15) is 38.5 Å². The van der Waals surface area contributed by atoms with Crippen molar-refractivity contribution in [3.63, 3.8) is 0 Å². The van der Waals surface area contributed by atoms with E-state index < -0.39 is 21.4 Å². The topological polar surface area (TPSA) is 72.2 Å². The van der Waals surface area contributed by atoms with Crippen molar-refractivity contribution in [2.45, 2.75) is 49.0 Å². The van der Waals surface area contributed by atoms with Crippen molar-refractivity contribution in [1.29, 1.82) is 0 Å². The first-order valence-electron chi connectivity index (χ1n) is 7.06. The average Bonchev–Trinajstić information content (AvgIpc) is 2.62. The van der Waals surface area contributed by atoms with Crippen LogP contribution < -0.4 is 10.5 Å². The van der Waals surface area contributed by atoms with Gasteiger partial charge in [0.15, 0.2) is 0 Å². The van der Waals surface area contributed by atoms with Crippen molar-refractivity contribution in [1.82, 2.24) is 4.72 Å². The van der Waals surface area contributed by atoms with Crippen LogP contribution in [-0.2, 0) is 10.0 Å². The van der Waals surface area contributed by atoms with Crippen LogP contribution in [0.25, 0.3) is 0 Å². The second kappa shape index (κ2) is 6.73. The van der Waals surface area contributed by atoms with Crippen LogP contribution in [0.4, 0.5) is 4.39 Å². The molecule has 0 unspecified atom stereocenters. The molecule has 0 radical (unpaired) electrons. The lowest BCUT2D eigenvalue weighted by Gasteiger charge is -2.28. The number of hydrogen-bond donors (Lipinski definition) is 2. The second-order valence-electron chi connectivity index (χ2n) is 5.68. The van der Waals surface area contributed by atoms with E-state index in [9.17, 15) is 12.8 Å². The van der Waals surface area contributed by atoms with E-state index in [0.717, 1.165) is 44.6 Å². The van der Waals surface area contributed by atoms with Gasteiger partial charge in [-0.05, 0) is 31.0 Å². The summed E-state index contributed by atoms with van der Waals surface area (Å²) in [5.74, 6) is -0.774. The third-order valence-corrected chi connectivity index (χ3v) is 5.82. The highest BCUT2D eigenvalue weighted by atomic mass is 79.9. The summed E-state index contributed by atoms with van der Waals surface area (Å²) < 4.78 is 41.2. The van der Waals surface area contributed by atoms with Crippen LogP contribution >= 0.6 is 15.9 Å². The molecule has 118 valence electrons. The number of hydrogen-bond acceptors (Lipinski definition) is 3. The molecule has 7 heteroatoms. The molecule has 0 aromatic heterocycles. The Morgan fingerprint density at radius 2 is 1.86 bits per heavy atom. The molecule has 0 heterocycles. The Morgan fingerprint density at radius 1 is 1.24 bits per heavy atom. The molecule has 3 N–H and O–H groups in total. The van der Waals surface area contributed by atoms with Gasteiger partial charge in [0.25, 0.3) is 0 Å². The fourth-order valence-corrected chi connectivity index (χ4v) is 4.15. The highest BCUT2D eigenvalue weighted by Crippen LogP contribution is 2.25. The Morgan fingerprint density at radius 3 is 2.43 bits per heavy atom. The number of benzene rings is 1. The first-order chi connectivity index (χ1) is 9.82. The lowest BCUT2D eigenvalue weighted by atomic mass is 9.92. The zero-order chi connectivity index (χ0) is 15.5. The third-order valence-electron chi connectivity index (χ3n) is 3.90. The van der Waals surface area contributed by atoms with Gasteiger partial charge in [-0.2, -0.15) is 0 Å². The molecular formula is C14H20BrFN2O2S. The van der Waals surface area contributed by atoms with Gasteiger partial charge in [-0.25, -0.2) is 17.5 Å². The minimum absolute atomic E-state index is 0.144. The Labute approximate surface area is 133 Å². The minimum atomic E-state index is -3.88. The highest BCUT2D eigenvalue weighted by Gasteiger charge is 2.29. The van der Waals surface area contributed by atoms with Crippen LogP contribution in [0.2, 0.25) is 0 Å². The predicted molar refractivity (Wildman–Crippen MR) is 83.9 cm³/mol. The maximum absolute atomic E-state index is 13.8. The second-order valence-corrected chi connectivity index (χ2v) is 8.33. The maximum Gasteiger partial charge on any atom is 0.243 e. The quantitative estimate of drug-likeness (QED) is 0.791. The van der Waals surface area contributed by atoms with E-state index in [-0.39, 0.29) is 11.4 Å². The first kappa shape index (κ1) is 16.9. The average molecular weight is 379 g/mol. The Balaban J connectivity index is 2.10. The fraction of sp³-hybridized carbons (Fsp3) is 0.571. The zero-order valence-corrected chi connectivity index (χ0v) is 14.1. The normalized spacial score (nSPS) is 19.2. The van der Waals surface area contributed by atoms with Gasteiger partial charge in [-0.1, -0.05) is 41.6 Å². The molecule has 1 aromatic carbocycles. The van der Waals surface area contributed by atoms with Crippen molar-refractivity contribution < 1.29 is 12.8 Å². The van der Waals surface area contributed by atoms with Crippen molar-refractivity contribution in [2.75, 3.05) is 6.54 Å². The number of nitrogens with one attached hydrogen (secondary N) is 1. The maximum atomic E-state index is 13.8. The van der Waals surface area contributed by atoms with Crippen molar-refractivity contribution in [3.8, 4) is 0 Å². The summed E-state index contributed by atoms with van der Waals surface area (Å²) in [6.45, 7) is 0.144. The molecule has 4 nitrogen and oxygen atoms in total. The van der Waals surface area contributed by atoms with E-state index in [1.807, 2.05) is 0 Å². The summed E-state index contributed by atoms with van der Waals surface area (Å²) in [5, 5.41) is 0. The Bertz CT molecular complexity index is 599. The number of rotatable bonds is 4. The van der Waals surface area contributed by atoms with Crippen molar-refractivity contribution in [3.05, 3.63) is 28.5 Å². The highest BCUT2D eigenvalue weighted by molar-refractivity contribution is 9.10. The molecule has 0 spiro atoms. The third kappa shape index (κ3) is 4.48. The summed E-state index contributed by atoms with van der Waals surface area (Å²) in [5.41, 5.74) is 5.75. The van der Waals surface area contributed by atoms with Gasteiger partial charge in [0.05, 0.1) is 0 Å². The number of halogens is 2. The van der Waals surface area contributed by atoms with E-state index in [0.29, 0.717) is 4.47 Å². The van der Waals surface area contributed by atoms with Crippen LogP contribution in [0.15, 0.2) is 27.6 Å². The molecule has 2 rings (SSSR count). The lowest BCUT2D eigenvalue weighted by Crippen LogP contribution is -2.49. The van der Waals surface area contributed by atoms with Crippen LogP contribution in [0, 0.1) is 5.82 Å². The van der Waals surface area contributed by atoms with E-state index in [1.165, 1.54) is 12.1 Å². The molecule has 0 aliphatic heterocycles. The molecule has 0 atom stereocenters. The van der Waals surface area contributed by atoms with E-state index in [1.54, 1.807) is 0 Å². The van der Waals surface area contributed by atoms with Crippen LogP contribution in [0.5, 0.6) is 0 Å². The van der Waals surface area contributed by atoms with Gasteiger partial charge in [0, 0.05) is 16.6 Å². The first-order valence-corrected chi connectivity index (χ1v) is 9.34. The van der Waals surface area contributed by atoms with E-state index in [4.69, 9.17) is 5.73 Å². The van der Waals surface area contributed by atoms with E-state index in [2.05, 4.69) is 20.7 Å². The molecular weight excluding hydrogens is 359 g/mol. The van der Waals surface area contributed by atoms with E-state index >= 15 is 0 Å². The van der Waals surface area contributed by atoms with Gasteiger partial charge in [0.1, 0.15) is 10.7 Å². The molecule has 0 bridgehead atoms. The molecule has 1 aliphatic rings. The van der Waals surface area contributed by atoms with Gasteiger partial charge in [0.2, 0.25) is 10.0 Å². The minimum Gasteiger partial charge on any atom is -0.324 e. The molecule has 1 aromatic rings. The van der Waals surface area contributed by atoms with Gasteiger partial charge < -0.3 is 5.73 Å². The zero-order valence-electron chi connectivity index (χ0n) is 11.7.